The summed E-state index contributed by atoms with van der Waals surface area (Å²) in [6.07, 6.45) is 1.86. The highest BCUT2D eigenvalue weighted by molar-refractivity contribution is 8.93. The molecule has 3 rings (SSSR count). The summed E-state index contributed by atoms with van der Waals surface area (Å²) in [5.41, 5.74) is 1.44. The van der Waals surface area contributed by atoms with Gasteiger partial charge in [-0.05, 0) is 42.5 Å². The molecule has 0 aliphatic rings. The minimum absolute atomic E-state index is 0. The average Bonchev–Trinajstić information content (AvgIpc) is 2.55. The van der Waals surface area contributed by atoms with Crippen LogP contribution in [0.2, 0.25) is 0 Å². The molecule has 0 amide bonds. The van der Waals surface area contributed by atoms with E-state index in [2.05, 4.69) is 0 Å². The number of ketones is 1. The Balaban J connectivity index is 0.00000192. The third kappa shape index (κ3) is 3.74. The van der Waals surface area contributed by atoms with E-state index in [1.807, 2.05) is 41.1 Å². The Morgan fingerprint density at radius 2 is 1.87 bits per heavy atom. The second-order valence-corrected chi connectivity index (χ2v) is 4.99. The molecule has 5 heteroatoms. The maximum atomic E-state index is 12.9. The summed E-state index contributed by atoms with van der Waals surface area (Å²) in [5.74, 6) is 0.366. The monoisotopic (exact) mass is 376 g/mol. The molecule has 1 heterocycles. The molecule has 0 saturated heterocycles. The fraction of sp³-hybridized carbons (Fsp3) is 0.111. The molecule has 0 aliphatic carbocycles. The van der Waals surface area contributed by atoms with E-state index in [0.29, 0.717) is 5.56 Å². The molecule has 0 spiro atoms. The molecule has 0 N–H and O–H groups in total. The highest BCUT2D eigenvalue weighted by atomic mass is 79.9. The van der Waals surface area contributed by atoms with Gasteiger partial charge in [0.2, 0.25) is 17.8 Å². The van der Waals surface area contributed by atoms with Crippen molar-refractivity contribution in [3.63, 3.8) is 0 Å². The molecule has 3 aromatic rings. The van der Waals surface area contributed by atoms with E-state index in [-0.39, 0.29) is 35.1 Å². The number of pyridine rings is 1. The normalized spacial score (nSPS) is 10.2. The van der Waals surface area contributed by atoms with Crippen molar-refractivity contribution in [3.05, 3.63) is 72.2 Å². The van der Waals surface area contributed by atoms with Crippen LogP contribution in [0.4, 0.5) is 4.39 Å². The molecule has 0 radical (unpaired) electrons. The Bertz CT molecular complexity index is 834. The van der Waals surface area contributed by atoms with E-state index in [1.165, 1.54) is 24.3 Å². The average molecular weight is 377 g/mol. The molecule has 0 atom stereocenters. The quantitative estimate of drug-likeness (QED) is 0.512. The van der Waals surface area contributed by atoms with Crippen molar-refractivity contribution in [2.45, 2.75) is 6.54 Å². The van der Waals surface area contributed by atoms with Gasteiger partial charge in [-0.3, -0.25) is 4.79 Å². The fourth-order valence-electron chi connectivity index (χ4n) is 2.41. The van der Waals surface area contributed by atoms with Crippen LogP contribution in [0.3, 0.4) is 0 Å². The van der Waals surface area contributed by atoms with Crippen LogP contribution < -0.4 is 9.30 Å². The van der Waals surface area contributed by atoms with E-state index < -0.39 is 0 Å². The lowest BCUT2D eigenvalue weighted by Crippen LogP contribution is -2.38. The van der Waals surface area contributed by atoms with Crippen molar-refractivity contribution in [2.24, 2.45) is 0 Å². The second kappa shape index (κ2) is 7.33. The van der Waals surface area contributed by atoms with Gasteiger partial charge < -0.3 is 4.74 Å². The van der Waals surface area contributed by atoms with Gasteiger partial charge in [0.15, 0.2) is 6.20 Å². The van der Waals surface area contributed by atoms with Crippen LogP contribution in [-0.2, 0) is 6.54 Å². The highest BCUT2D eigenvalue weighted by Crippen LogP contribution is 2.17. The number of Topliss-reactive ketones (excluding diaryl/α,β-unsaturated/α-hetero) is 1. The lowest BCUT2D eigenvalue weighted by atomic mass is 10.1. The maximum Gasteiger partial charge on any atom is 0.227 e. The Morgan fingerprint density at radius 3 is 2.57 bits per heavy atom. The van der Waals surface area contributed by atoms with Crippen molar-refractivity contribution in [1.29, 1.82) is 0 Å². The summed E-state index contributed by atoms with van der Waals surface area (Å²) in [6.45, 7) is 0.204. The molecule has 0 bridgehead atoms. The summed E-state index contributed by atoms with van der Waals surface area (Å²) in [6, 6.07) is 15.2. The van der Waals surface area contributed by atoms with Crippen LogP contribution >= 0.6 is 17.0 Å². The van der Waals surface area contributed by atoms with E-state index in [9.17, 15) is 9.18 Å². The number of benzene rings is 2. The molecule has 3 nitrogen and oxygen atoms in total. The van der Waals surface area contributed by atoms with Crippen molar-refractivity contribution in [3.8, 4) is 5.75 Å². The fourth-order valence-corrected chi connectivity index (χ4v) is 2.41. The first-order valence-corrected chi connectivity index (χ1v) is 6.92. The first-order valence-electron chi connectivity index (χ1n) is 6.92. The first-order chi connectivity index (χ1) is 10.7. The van der Waals surface area contributed by atoms with Gasteiger partial charge >= 0.3 is 0 Å². The predicted octanol–water partition coefficient (Wildman–Crippen LogP) is 3.74. The lowest BCUT2D eigenvalue weighted by Gasteiger charge is -2.03. The van der Waals surface area contributed by atoms with E-state index in [0.717, 1.165) is 16.7 Å². The van der Waals surface area contributed by atoms with Gasteiger partial charge in [-0.15, -0.1) is 17.0 Å². The number of hydrogen-bond donors (Lipinski definition) is 0. The zero-order valence-corrected chi connectivity index (χ0v) is 14.2. The smallest absolute Gasteiger partial charge is 0.227 e. The zero-order valence-electron chi connectivity index (χ0n) is 12.5. The Hall–Kier alpha value is -2.27. The molecular formula is C18H16BrFNO2+. The highest BCUT2D eigenvalue weighted by Gasteiger charge is 2.15. The van der Waals surface area contributed by atoms with Crippen molar-refractivity contribution in [1.82, 2.24) is 0 Å². The first kappa shape index (κ1) is 17.1. The van der Waals surface area contributed by atoms with Gasteiger partial charge in [-0.1, -0.05) is 0 Å². The predicted molar refractivity (Wildman–Crippen MR) is 91.7 cm³/mol. The van der Waals surface area contributed by atoms with Crippen molar-refractivity contribution in [2.75, 3.05) is 7.11 Å². The third-order valence-electron chi connectivity index (χ3n) is 3.57. The molecular weight excluding hydrogens is 361 g/mol. The molecule has 23 heavy (non-hydrogen) atoms. The zero-order chi connectivity index (χ0) is 15.5. The van der Waals surface area contributed by atoms with Gasteiger partial charge in [0.1, 0.15) is 11.6 Å². The standard InChI is InChI=1S/C18H15FNO2.BrH/c1-22-16-8-9-17-14(11-16)3-2-10-20(17)12-18(21)13-4-6-15(19)7-5-13;/h2-11H,12H2,1H3;1H/q+1;. The number of nitrogens with zero attached hydrogens (tertiary/aromatic N) is 1. The van der Waals surface area contributed by atoms with Gasteiger partial charge in [-0.25, -0.2) is 4.39 Å². The van der Waals surface area contributed by atoms with Crippen LogP contribution in [0.15, 0.2) is 60.8 Å². The Morgan fingerprint density at radius 1 is 1.13 bits per heavy atom. The van der Waals surface area contributed by atoms with Gasteiger partial charge in [0, 0.05) is 17.7 Å². The number of carbonyl (C=O) groups is 1. The minimum atomic E-state index is -0.346. The van der Waals surface area contributed by atoms with E-state index in [4.69, 9.17) is 4.74 Å². The summed E-state index contributed by atoms with van der Waals surface area (Å²) in [5, 5.41) is 0.994. The van der Waals surface area contributed by atoms with Crippen LogP contribution in [0.1, 0.15) is 10.4 Å². The molecule has 0 fully saturated rings. The SMILES string of the molecule is Br.COc1ccc2c(ccc[n+]2CC(=O)c2ccc(F)cc2)c1. The van der Waals surface area contributed by atoms with Gasteiger partial charge in [0.05, 0.1) is 12.5 Å². The second-order valence-electron chi connectivity index (χ2n) is 4.99. The molecule has 0 saturated carbocycles. The van der Waals surface area contributed by atoms with Crippen molar-refractivity contribution < 1.29 is 18.5 Å². The summed E-state index contributed by atoms with van der Waals surface area (Å²) >= 11 is 0. The van der Waals surface area contributed by atoms with Crippen molar-refractivity contribution >= 4 is 33.7 Å². The van der Waals surface area contributed by atoms with E-state index in [1.54, 1.807) is 7.11 Å². The number of fused-ring (bicyclic) bond motifs is 1. The Kier molecular flexibility index (Phi) is 5.45. The number of aromatic nitrogens is 1. The van der Waals surface area contributed by atoms with Crippen LogP contribution in [-0.4, -0.2) is 12.9 Å². The number of methoxy groups -OCH3 is 1. The van der Waals surface area contributed by atoms with Crippen LogP contribution in [0.25, 0.3) is 10.9 Å². The molecule has 118 valence electrons. The summed E-state index contributed by atoms with van der Waals surface area (Å²) < 4.78 is 20.0. The van der Waals surface area contributed by atoms with E-state index >= 15 is 0 Å². The largest absolute Gasteiger partial charge is 0.497 e. The van der Waals surface area contributed by atoms with Gasteiger partial charge in [0.25, 0.3) is 0 Å². The minimum Gasteiger partial charge on any atom is -0.497 e. The molecule has 2 aromatic carbocycles. The van der Waals surface area contributed by atoms with Crippen LogP contribution in [0.5, 0.6) is 5.75 Å². The molecule has 1 aromatic heterocycles. The van der Waals surface area contributed by atoms with Crippen LogP contribution in [0, 0.1) is 5.82 Å². The molecule has 0 unspecified atom stereocenters. The number of halogens is 2. The number of ether oxygens (including phenoxy) is 1. The third-order valence-corrected chi connectivity index (χ3v) is 3.57. The Labute approximate surface area is 144 Å². The maximum absolute atomic E-state index is 12.9. The summed E-state index contributed by atoms with van der Waals surface area (Å²) in [4.78, 5) is 12.3. The summed E-state index contributed by atoms with van der Waals surface area (Å²) in [7, 11) is 1.62. The number of rotatable bonds is 4. The lowest BCUT2D eigenvalue weighted by molar-refractivity contribution is -0.657. The number of carbonyl (C=O) groups excluding carboxylic acids is 1. The molecule has 0 aliphatic heterocycles. The number of hydrogen-bond acceptors (Lipinski definition) is 2. The van der Waals surface area contributed by atoms with Gasteiger partial charge in [-0.2, -0.15) is 4.57 Å². The topological polar surface area (TPSA) is 30.2 Å².